The molecule has 5 nitrogen and oxygen atoms in total. The van der Waals surface area contributed by atoms with Gasteiger partial charge in [0.05, 0.1) is 17.6 Å². The van der Waals surface area contributed by atoms with Gasteiger partial charge in [-0.1, -0.05) is 27.7 Å². The Hall–Kier alpha value is -1.33. The van der Waals surface area contributed by atoms with E-state index in [1.54, 1.807) is 0 Å². The van der Waals surface area contributed by atoms with Gasteiger partial charge < -0.3 is 10.2 Å². The molecule has 0 aromatic rings. The van der Waals surface area contributed by atoms with Crippen molar-refractivity contribution in [3.63, 3.8) is 0 Å². The quantitative estimate of drug-likeness (QED) is 0.703. The summed E-state index contributed by atoms with van der Waals surface area (Å²) in [5.41, 5.74) is -1.50. The fraction of sp³-hybridized carbons (Fsp3) is 0.792. The lowest BCUT2D eigenvalue weighted by molar-refractivity contribution is -0.142. The van der Waals surface area contributed by atoms with Crippen LogP contribution < -0.4 is 0 Å². The molecule has 0 heterocycles. The molecule has 2 saturated carbocycles. The van der Waals surface area contributed by atoms with E-state index in [9.17, 15) is 24.6 Å². The van der Waals surface area contributed by atoms with Crippen LogP contribution in [-0.2, 0) is 14.4 Å². The van der Waals surface area contributed by atoms with Gasteiger partial charge in [-0.15, -0.1) is 0 Å². The second-order valence-electron chi connectivity index (χ2n) is 11.3. The number of allylic oxidation sites excluding steroid dienone is 1. The summed E-state index contributed by atoms with van der Waals surface area (Å²) < 4.78 is 0. The van der Waals surface area contributed by atoms with Crippen LogP contribution in [0.1, 0.15) is 73.6 Å². The van der Waals surface area contributed by atoms with Gasteiger partial charge in [-0.3, -0.25) is 14.4 Å². The van der Waals surface area contributed by atoms with Gasteiger partial charge in [0.2, 0.25) is 0 Å². The predicted octanol–water partition coefficient (Wildman–Crippen LogP) is 3.01. The first-order valence-corrected chi connectivity index (χ1v) is 10.9. The Bertz CT molecular complexity index is 853. The summed E-state index contributed by atoms with van der Waals surface area (Å²) in [5.74, 6) is -0.654. The highest BCUT2D eigenvalue weighted by molar-refractivity contribution is 6.07. The first-order chi connectivity index (χ1) is 13.2. The van der Waals surface area contributed by atoms with Gasteiger partial charge in [-0.25, -0.2) is 0 Å². The van der Waals surface area contributed by atoms with Gasteiger partial charge in [-0.2, -0.15) is 0 Å². The van der Waals surface area contributed by atoms with Crippen LogP contribution in [-0.4, -0.2) is 39.8 Å². The van der Waals surface area contributed by atoms with Gasteiger partial charge in [0.15, 0.2) is 5.78 Å². The Kier molecular flexibility index (Phi) is 4.24. The summed E-state index contributed by atoms with van der Waals surface area (Å²) in [5, 5.41) is 22.0. The molecule has 0 aliphatic heterocycles. The SMILES string of the molecule is CC(=O)[C@H]1CC(=O)[C@@]2(C)C3=C(C(=O)C[C@]12C)[C@@]1(C)CC[C@H](O)C(C)(C)[C@@H]1C[C@@H]3O. The Morgan fingerprint density at radius 1 is 1.07 bits per heavy atom. The van der Waals surface area contributed by atoms with Gasteiger partial charge in [0.25, 0.3) is 0 Å². The first kappa shape index (κ1) is 20.9. The highest BCUT2D eigenvalue weighted by atomic mass is 16.3. The number of carbonyl (C=O) groups excluding carboxylic acids is 3. The summed E-state index contributed by atoms with van der Waals surface area (Å²) in [7, 11) is 0. The Balaban J connectivity index is 1.97. The lowest BCUT2D eigenvalue weighted by atomic mass is 9.42. The minimum Gasteiger partial charge on any atom is -0.393 e. The second kappa shape index (κ2) is 5.88. The first-order valence-electron chi connectivity index (χ1n) is 10.9. The monoisotopic (exact) mass is 402 g/mol. The van der Waals surface area contributed by atoms with E-state index in [-0.39, 0.29) is 36.1 Å². The molecule has 5 heteroatoms. The summed E-state index contributed by atoms with van der Waals surface area (Å²) in [6.07, 6.45) is 0.603. The average Bonchev–Trinajstić information content (AvgIpc) is 2.81. The van der Waals surface area contributed by atoms with Crippen LogP contribution in [0.3, 0.4) is 0 Å². The van der Waals surface area contributed by atoms with Crippen molar-refractivity contribution in [2.75, 3.05) is 0 Å². The molecular weight excluding hydrogens is 368 g/mol. The zero-order valence-electron chi connectivity index (χ0n) is 18.5. The number of hydrogen-bond donors (Lipinski definition) is 2. The second-order valence-corrected chi connectivity index (χ2v) is 11.3. The molecule has 0 unspecified atom stereocenters. The fourth-order valence-corrected chi connectivity index (χ4v) is 7.82. The molecule has 2 N–H and O–H groups in total. The van der Waals surface area contributed by atoms with E-state index in [4.69, 9.17) is 0 Å². The van der Waals surface area contributed by atoms with Crippen molar-refractivity contribution in [1.29, 1.82) is 0 Å². The van der Waals surface area contributed by atoms with E-state index in [2.05, 4.69) is 6.92 Å². The fourth-order valence-electron chi connectivity index (χ4n) is 7.82. The van der Waals surface area contributed by atoms with Gasteiger partial charge in [-0.05, 0) is 55.4 Å². The molecule has 4 aliphatic carbocycles. The number of Topliss-reactive ketones (excluding diaryl/α,β-unsaturated/α-hetero) is 3. The summed E-state index contributed by atoms with van der Waals surface area (Å²) >= 11 is 0. The molecular formula is C24H34O5. The van der Waals surface area contributed by atoms with E-state index >= 15 is 0 Å². The lowest BCUT2D eigenvalue weighted by Crippen LogP contribution is -2.60. The predicted molar refractivity (Wildman–Crippen MR) is 108 cm³/mol. The molecule has 2 fully saturated rings. The van der Waals surface area contributed by atoms with Crippen molar-refractivity contribution < 1.29 is 24.6 Å². The minimum atomic E-state index is -1.000. The van der Waals surface area contributed by atoms with E-state index in [1.807, 2.05) is 27.7 Å². The van der Waals surface area contributed by atoms with Crippen molar-refractivity contribution in [1.82, 2.24) is 0 Å². The molecule has 4 rings (SSSR count). The van der Waals surface area contributed by atoms with E-state index < -0.39 is 39.8 Å². The minimum absolute atomic E-state index is 0.0284. The van der Waals surface area contributed by atoms with Crippen LogP contribution in [0.5, 0.6) is 0 Å². The third kappa shape index (κ3) is 2.26. The zero-order chi connectivity index (χ0) is 21.7. The highest BCUT2D eigenvalue weighted by Gasteiger charge is 2.70. The number of carbonyl (C=O) groups is 3. The normalized spacial score (nSPS) is 48.8. The van der Waals surface area contributed by atoms with Crippen LogP contribution >= 0.6 is 0 Å². The molecule has 0 aromatic carbocycles. The number of hydrogen-bond acceptors (Lipinski definition) is 5. The zero-order valence-corrected chi connectivity index (χ0v) is 18.5. The Labute approximate surface area is 172 Å². The summed E-state index contributed by atoms with van der Waals surface area (Å²) in [6, 6.07) is 0. The maximum atomic E-state index is 13.6. The Morgan fingerprint density at radius 2 is 1.69 bits per heavy atom. The van der Waals surface area contributed by atoms with E-state index in [0.717, 1.165) is 0 Å². The van der Waals surface area contributed by atoms with Crippen LogP contribution in [0, 0.1) is 33.5 Å². The molecule has 160 valence electrons. The van der Waals surface area contributed by atoms with Crippen LogP contribution in [0.15, 0.2) is 11.1 Å². The number of aliphatic hydroxyl groups excluding tert-OH is 2. The maximum absolute atomic E-state index is 13.6. The van der Waals surface area contributed by atoms with Crippen molar-refractivity contribution >= 4 is 17.3 Å². The molecule has 7 atom stereocenters. The third-order valence-corrected chi connectivity index (χ3v) is 9.79. The van der Waals surface area contributed by atoms with Gasteiger partial charge >= 0.3 is 0 Å². The van der Waals surface area contributed by atoms with Gasteiger partial charge in [0.1, 0.15) is 11.6 Å². The van der Waals surface area contributed by atoms with Gasteiger partial charge in [0, 0.05) is 29.7 Å². The number of fused-ring (bicyclic) bond motifs is 4. The van der Waals surface area contributed by atoms with E-state index in [0.29, 0.717) is 30.4 Å². The Morgan fingerprint density at radius 3 is 2.28 bits per heavy atom. The smallest absolute Gasteiger partial charge is 0.160 e. The number of ketones is 3. The highest BCUT2D eigenvalue weighted by Crippen LogP contribution is 2.69. The molecule has 0 radical (unpaired) electrons. The van der Waals surface area contributed by atoms with E-state index in [1.165, 1.54) is 6.92 Å². The molecule has 0 saturated heterocycles. The van der Waals surface area contributed by atoms with Crippen LogP contribution in [0.25, 0.3) is 0 Å². The molecule has 29 heavy (non-hydrogen) atoms. The molecule has 0 bridgehead atoms. The van der Waals surface area contributed by atoms with Crippen LogP contribution in [0.4, 0.5) is 0 Å². The van der Waals surface area contributed by atoms with Crippen molar-refractivity contribution in [2.24, 2.45) is 33.5 Å². The largest absolute Gasteiger partial charge is 0.393 e. The third-order valence-electron chi connectivity index (χ3n) is 9.79. The lowest BCUT2D eigenvalue weighted by Gasteiger charge is -2.61. The van der Waals surface area contributed by atoms with Crippen molar-refractivity contribution in [3.8, 4) is 0 Å². The standard InChI is InChI=1S/C24H34O5/c1-12(25)13-9-18(29)24(6)20-14(26)10-16-21(2,3)17(28)7-8-22(16,4)19(20)15(27)11-23(13,24)5/h13-14,16-17,26,28H,7-11H2,1-6H3/t13-,14+,16+,17+,22+,23-,24+/m1/s1. The topological polar surface area (TPSA) is 91.7 Å². The molecule has 0 spiro atoms. The molecule has 4 aliphatic rings. The van der Waals surface area contributed by atoms with Crippen molar-refractivity contribution in [2.45, 2.75) is 85.9 Å². The summed E-state index contributed by atoms with van der Waals surface area (Å²) in [6.45, 7) is 11.4. The molecule has 0 aromatic heterocycles. The summed E-state index contributed by atoms with van der Waals surface area (Å²) in [4.78, 5) is 39.4. The number of rotatable bonds is 1. The van der Waals surface area contributed by atoms with Crippen molar-refractivity contribution in [3.05, 3.63) is 11.1 Å². The van der Waals surface area contributed by atoms with Crippen LogP contribution in [0.2, 0.25) is 0 Å². The average molecular weight is 403 g/mol. The number of aliphatic hydroxyl groups is 2. The maximum Gasteiger partial charge on any atom is 0.160 e. The molecule has 0 amide bonds.